The third-order valence-corrected chi connectivity index (χ3v) is 6.58. The van der Waals surface area contributed by atoms with Crippen LogP contribution < -0.4 is 15.4 Å². The number of benzene rings is 3. The maximum atomic E-state index is 12.3. The van der Waals surface area contributed by atoms with Crippen molar-refractivity contribution in [2.45, 2.75) is 25.4 Å². The second kappa shape index (κ2) is 12.8. The molecule has 1 heterocycles. The molecule has 0 saturated carbocycles. The van der Waals surface area contributed by atoms with Gasteiger partial charge in [0.1, 0.15) is 11.5 Å². The van der Waals surface area contributed by atoms with Gasteiger partial charge in [0.25, 0.3) is 5.91 Å². The number of halogens is 1. The van der Waals surface area contributed by atoms with Crippen molar-refractivity contribution in [1.29, 1.82) is 0 Å². The fraction of sp³-hybridized carbons (Fsp3) is 0.345. The third kappa shape index (κ3) is 7.98. The van der Waals surface area contributed by atoms with Gasteiger partial charge in [0.15, 0.2) is 0 Å². The largest absolute Gasteiger partial charge is 0.457 e. The van der Waals surface area contributed by atoms with Gasteiger partial charge >= 0.3 is 0 Å². The highest BCUT2D eigenvalue weighted by molar-refractivity contribution is 6.30. The van der Waals surface area contributed by atoms with Crippen LogP contribution in [0.15, 0.2) is 72.8 Å². The van der Waals surface area contributed by atoms with Crippen LogP contribution in [0.4, 0.5) is 5.69 Å². The Morgan fingerprint density at radius 1 is 0.944 bits per heavy atom. The quantitative estimate of drug-likeness (QED) is 0.380. The normalized spacial score (nSPS) is 14.6. The number of carbonyl (C=O) groups is 1. The Labute approximate surface area is 219 Å². The molecule has 3 aromatic rings. The topological polar surface area (TPSA) is 56.8 Å². The van der Waals surface area contributed by atoms with E-state index in [1.165, 1.54) is 5.56 Å². The molecule has 36 heavy (non-hydrogen) atoms. The highest BCUT2D eigenvalue weighted by Gasteiger charge is 2.19. The van der Waals surface area contributed by atoms with Crippen molar-refractivity contribution in [2.75, 3.05) is 45.6 Å². The van der Waals surface area contributed by atoms with Gasteiger partial charge in [-0.1, -0.05) is 23.7 Å². The van der Waals surface area contributed by atoms with Crippen LogP contribution in [0.5, 0.6) is 11.5 Å². The van der Waals surface area contributed by atoms with Crippen molar-refractivity contribution in [3.8, 4) is 11.5 Å². The van der Waals surface area contributed by atoms with Gasteiger partial charge in [-0.3, -0.25) is 9.69 Å². The molecule has 0 aliphatic carbocycles. The Balaban J connectivity index is 1.19. The van der Waals surface area contributed by atoms with E-state index in [1.54, 1.807) is 0 Å². The van der Waals surface area contributed by atoms with E-state index in [-0.39, 0.29) is 5.91 Å². The van der Waals surface area contributed by atoms with Gasteiger partial charge < -0.3 is 20.3 Å². The maximum Gasteiger partial charge on any atom is 0.251 e. The van der Waals surface area contributed by atoms with E-state index in [1.807, 2.05) is 62.6 Å². The van der Waals surface area contributed by atoms with Gasteiger partial charge in [-0.2, -0.15) is 0 Å². The van der Waals surface area contributed by atoms with Crippen molar-refractivity contribution in [2.24, 2.45) is 0 Å². The molecule has 1 amide bonds. The average Bonchev–Trinajstić information content (AvgIpc) is 2.88. The van der Waals surface area contributed by atoms with E-state index in [0.717, 1.165) is 56.2 Å². The van der Waals surface area contributed by atoms with Crippen LogP contribution in [0, 0.1) is 0 Å². The molecule has 0 aromatic heterocycles. The smallest absolute Gasteiger partial charge is 0.251 e. The predicted octanol–water partition coefficient (Wildman–Crippen LogP) is 5.50. The summed E-state index contributed by atoms with van der Waals surface area (Å²) in [4.78, 5) is 16.8. The van der Waals surface area contributed by atoms with Gasteiger partial charge in [0, 0.05) is 55.0 Å². The van der Waals surface area contributed by atoms with E-state index in [2.05, 4.69) is 44.7 Å². The van der Waals surface area contributed by atoms with E-state index < -0.39 is 0 Å². The SMILES string of the molecule is CN(C)CCNC(=O)c1ccc(CN2CCC(Nc3ccc(Oc4ccc(Cl)cc4)cc3)CC2)cc1. The summed E-state index contributed by atoms with van der Waals surface area (Å²) in [5.41, 5.74) is 3.06. The van der Waals surface area contributed by atoms with Crippen LogP contribution in [0.3, 0.4) is 0 Å². The average molecular weight is 507 g/mol. The van der Waals surface area contributed by atoms with Crippen molar-refractivity contribution >= 4 is 23.2 Å². The second-order valence-corrected chi connectivity index (χ2v) is 9.97. The lowest BCUT2D eigenvalue weighted by Crippen LogP contribution is -2.38. The van der Waals surface area contributed by atoms with E-state index in [4.69, 9.17) is 16.3 Å². The summed E-state index contributed by atoms with van der Waals surface area (Å²) in [6.07, 6.45) is 2.19. The third-order valence-electron chi connectivity index (χ3n) is 6.33. The molecule has 0 spiro atoms. The molecule has 1 aliphatic heterocycles. The van der Waals surface area contributed by atoms with Crippen LogP contribution in [-0.4, -0.2) is 62.0 Å². The molecule has 6 nitrogen and oxygen atoms in total. The minimum absolute atomic E-state index is 0.0140. The molecular formula is C29H35ClN4O2. The standard InChI is InChI=1S/C29H35ClN4O2/c1-33(2)20-17-31-29(35)23-5-3-22(4-6-23)21-34-18-15-26(16-19-34)32-25-9-13-28(14-10-25)36-27-11-7-24(30)8-12-27/h3-14,26,32H,15-21H2,1-2H3,(H,31,35). The summed E-state index contributed by atoms with van der Waals surface area (Å²) in [6, 6.07) is 23.9. The minimum Gasteiger partial charge on any atom is -0.457 e. The summed E-state index contributed by atoms with van der Waals surface area (Å²) in [6.45, 7) is 4.48. The van der Waals surface area contributed by atoms with Crippen LogP contribution in [0.25, 0.3) is 0 Å². The number of hydrogen-bond acceptors (Lipinski definition) is 5. The summed E-state index contributed by atoms with van der Waals surface area (Å²) in [5.74, 6) is 1.56. The molecule has 0 radical (unpaired) electrons. The number of nitrogens with one attached hydrogen (secondary N) is 2. The Kier molecular flexibility index (Phi) is 9.23. The van der Waals surface area contributed by atoms with E-state index in [0.29, 0.717) is 23.2 Å². The molecule has 7 heteroatoms. The van der Waals surface area contributed by atoms with Gasteiger partial charge in [-0.15, -0.1) is 0 Å². The van der Waals surface area contributed by atoms with Crippen LogP contribution in [-0.2, 0) is 6.54 Å². The zero-order valence-electron chi connectivity index (χ0n) is 21.0. The van der Waals surface area contributed by atoms with Crippen molar-refractivity contribution in [3.05, 3.63) is 88.9 Å². The highest BCUT2D eigenvalue weighted by Crippen LogP contribution is 2.25. The van der Waals surface area contributed by atoms with Crippen molar-refractivity contribution in [1.82, 2.24) is 15.1 Å². The molecule has 0 bridgehead atoms. The fourth-order valence-corrected chi connectivity index (χ4v) is 4.37. The molecule has 2 N–H and O–H groups in total. The van der Waals surface area contributed by atoms with Crippen molar-refractivity contribution < 1.29 is 9.53 Å². The number of amides is 1. The van der Waals surface area contributed by atoms with Gasteiger partial charge in [0.05, 0.1) is 0 Å². The summed E-state index contributed by atoms with van der Waals surface area (Å²) in [5, 5.41) is 7.32. The van der Waals surface area contributed by atoms with Crippen LogP contribution >= 0.6 is 11.6 Å². The number of likely N-dealkylation sites (N-methyl/N-ethyl adjacent to an activating group) is 1. The summed E-state index contributed by atoms with van der Waals surface area (Å²) in [7, 11) is 3.99. The molecule has 1 fully saturated rings. The number of carbonyl (C=O) groups excluding carboxylic acids is 1. The molecule has 0 atom stereocenters. The first-order valence-corrected chi connectivity index (χ1v) is 12.9. The highest BCUT2D eigenvalue weighted by atomic mass is 35.5. The number of ether oxygens (including phenoxy) is 1. The number of nitrogens with zero attached hydrogens (tertiary/aromatic N) is 2. The molecule has 1 aliphatic rings. The van der Waals surface area contributed by atoms with E-state index in [9.17, 15) is 4.79 Å². The zero-order valence-corrected chi connectivity index (χ0v) is 21.8. The maximum absolute atomic E-state index is 12.3. The molecule has 1 saturated heterocycles. The van der Waals surface area contributed by atoms with Gasteiger partial charge in [-0.25, -0.2) is 0 Å². The Morgan fingerprint density at radius 3 is 2.17 bits per heavy atom. The van der Waals surface area contributed by atoms with E-state index >= 15 is 0 Å². The molecular weight excluding hydrogens is 472 g/mol. The first kappa shape index (κ1) is 26.0. The lowest BCUT2D eigenvalue weighted by molar-refractivity contribution is 0.0951. The summed E-state index contributed by atoms with van der Waals surface area (Å²) < 4.78 is 5.88. The summed E-state index contributed by atoms with van der Waals surface area (Å²) >= 11 is 5.93. The number of hydrogen-bond donors (Lipinski definition) is 2. The first-order chi connectivity index (χ1) is 17.4. The number of anilines is 1. The van der Waals surface area contributed by atoms with Crippen LogP contribution in [0.2, 0.25) is 5.02 Å². The number of likely N-dealkylation sites (tertiary alicyclic amines) is 1. The van der Waals surface area contributed by atoms with Gasteiger partial charge in [0.2, 0.25) is 0 Å². The monoisotopic (exact) mass is 506 g/mol. The fourth-order valence-electron chi connectivity index (χ4n) is 4.24. The number of rotatable bonds is 10. The molecule has 3 aromatic carbocycles. The van der Waals surface area contributed by atoms with Gasteiger partial charge in [-0.05, 0) is 93.2 Å². The molecule has 190 valence electrons. The molecule has 0 unspecified atom stereocenters. The zero-order chi connectivity index (χ0) is 25.3. The molecule has 4 rings (SSSR count). The lowest BCUT2D eigenvalue weighted by atomic mass is 10.0. The van der Waals surface area contributed by atoms with Crippen molar-refractivity contribution in [3.63, 3.8) is 0 Å². The Morgan fingerprint density at radius 2 is 1.56 bits per heavy atom. The first-order valence-electron chi connectivity index (χ1n) is 12.5. The van der Waals surface area contributed by atoms with Crippen LogP contribution in [0.1, 0.15) is 28.8 Å². The minimum atomic E-state index is -0.0140. The lowest BCUT2D eigenvalue weighted by Gasteiger charge is -2.33. The Bertz CT molecular complexity index is 1090. The number of piperidine rings is 1. The predicted molar refractivity (Wildman–Crippen MR) is 147 cm³/mol. The Hall–Kier alpha value is -3.06. The second-order valence-electron chi connectivity index (χ2n) is 9.53.